The Balaban J connectivity index is 2.01. The number of ether oxygens (including phenoxy) is 2. The van der Waals surface area contributed by atoms with Gasteiger partial charge >= 0.3 is 0 Å². The lowest BCUT2D eigenvalue weighted by molar-refractivity contribution is -0.120. The molecule has 2 atom stereocenters. The molecule has 0 saturated carbocycles. The third kappa shape index (κ3) is 1.12. The topological polar surface area (TPSA) is 38.8 Å². The standard InChI is InChI=1S/C14H14O3/c1-3-8-13(9-4-2)12-14(17-12)10(15)6-5-7-11(14)16-13/h3-7,12H,1-2,8-9H2. The average molecular weight is 230 g/mol. The van der Waals surface area contributed by atoms with E-state index in [1.807, 2.05) is 6.08 Å². The second-order valence-corrected chi connectivity index (χ2v) is 4.64. The maximum atomic E-state index is 12.0. The fraction of sp³-hybridized carbons (Fsp3) is 0.357. The SMILES string of the molecule is C=CCC1(CC=C)OC2=CC=CC(=O)C23OC13. The molecule has 2 fully saturated rings. The van der Waals surface area contributed by atoms with Gasteiger partial charge in [-0.2, -0.15) is 0 Å². The summed E-state index contributed by atoms with van der Waals surface area (Å²) < 4.78 is 11.7. The Labute approximate surface area is 100 Å². The number of hydrogen-bond acceptors (Lipinski definition) is 3. The number of rotatable bonds is 4. The third-order valence-corrected chi connectivity index (χ3v) is 3.61. The molecule has 3 nitrogen and oxygen atoms in total. The molecular formula is C14H14O3. The van der Waals surface area contributed by atoms with Gasteiger partial charge in [-0.05, 0) is 12.2 Å². The van der Waals surface area contributed by atoms with Gasteiger partial charge in [-0.15, -0.1) is 13.2 Å². The minimum absolute atomic E-state index is 0.0185. The Bertz CT molecular complexity index is 462. The normalized spacial score (nSPS) is 35.4. The monoisotopic (exact) mass is 230 g/mol. The second-order valence-electron chi connectivity index (χ2n) is 4.64. The molecule has 2 aliphatic heterocycles. The van der Waals surface area contributed by atoms with Crippen LogP contribution in [0.3, 0.4) is 0 Å². The van der Waals surface area contributed by atoms with E-state index in [1.54, 1.807) is 24.3 Å². The van der Waals surface area contributed by atoms with Gasteiger partial charge in [0.1, 0.15) is 17.5 Å². The van der Waals surface area contributed by atoms with Crippen LogP contribution in [0.5, 0.6) is 0 Å². The summed E-state index contributed by atoms with van der Waals surface area (Å²) in [7, 11) is 0. The molecule has 2 saturated heterocycles. The maximum absolute atomic E-state index is 12.0. The van der Waals surface area contributed by atoms with Gasteiger partial charge in [0.15, 0.2) is 5.78 Å². The molecule has 0 radical (unpaired) electrons. The molecule has 3 aliphatic rings. The molecule has 0 bridgehead atoms. The first kappa shape index (κ1) is 10.5. The maximum Gasteiger partial charge on any atom is 0.217 e. The van der Waals surface area contributed by atoms with Gasteiger partial charge in [-0.1, -0.05) is 18.2 Å². The minimum Gasteiger partial charge on any atom is -0.484 e. The van der Waals surface area contributed by atoms with Crippen molar-refractivity contribution in [2.45, 2.75) is 30.1 Å². The summed E-state index contributed by atoms with van der Waals surface area (Å²) in [6, 6.07) is 0. The van der Waals surface area contributed by atoms with Crippen LogP contribution in [0.15, 0.2) is 49.3 Å². The largest absolute Gasteiger partial charge is 0.484 e. The number of allylic oxidation sites excluding steroid dienone is 2. The summed E-state index contributed by atoms with van der Waals surface area (Å²) in [5, 5.41) is 0. The number of carbonyl (C=O) groups excluding carboxylic acids is 1. The van der Waals surface area contributed by atoms with E-state index in [1.165, 1.54) is 0 Å². The van der Waals surface area contributed by atoms with Gasteiger partial charge in [0.05, 0.1) is 0 Å². The Morgan fingerprint density at radius 2 is 2.06 bits per heavy atom. The van der Waals surface area contributed by atoms with E-state index in [0.717, 1.165) is 0 Å². The van der Waals surface area contributed by atoms with Gasteiger partial charge < -0.3 is 9.47 Å². The van der Waals surface area contributed by atoms with Gasteiger partial charge in [-0.25, -0.2) is 0 Å². The number of epoxide rings is 1. The van der Waals surface area contributed by atoms with Crippen molar-refractivity contribution in [2.75, 3.05) is 0 Å². The molecule has 0 aromatic heterocycles. The highest BCUT2D eigenvalue weighted by Gasteiger charge is 2.78. The Morgan fingerprint density at radius 1 is 1.35 bits per heavy atom. The highest BCUT2D eigenvalue weighted by Crippen LogP contribution is 2.61. The van der Waals surface area contributed by atoms with Crippen molar-refractivity contribution in [1.29, 1.82) is 0 Å². The molecule has 0 aromatic carbocycles. The smallest absolute Gasteiger partial charge is 0.217 e. The van der Waals surface area contributed by atoms with Crippen LogP contribution >= 0.6 is 0 Å². The van der Waals surface area contributed by atoms with E-state index in [-0.39, 0.29) is 11.9 Å². The first-order valence-electron chi connectivity index (χ1n) is 5.71. The zero-order chi connectivity index (χ0) is 12.1. The summed E-state index contributed by atoms with van der Waals surface area (Å²) in [5.74, 6) is 0.619. The summed E-state index contributed by atoms with van der Waals surface area (Å²) in [5.41, 5.74) is -1.34. The third-order valence-electron chi connectivity index (χ3n) is 3.61. The number of ketones is 1. The molecule has 3 heteroatoms. The fourth-order valence-electron chi connectivity index (χ4n) is 2.85. The van der Waals surface area contributed by atoms with E-state index >= 15 is 0 Å². The molecular weight excluding hydrogens is 216 g/mol. The van der Waals surface area contributed by atoms with E-state index in [2.05, 4.69) is 13.2 Å². The number of carbonyl (C=O) groups is 1. The first-order chi connectivity index (χ1) is 8.19. The van der Waals surface area contributed by atoms with Crippen molar-refractivity contribution in [3.05, 3.63) is 49.3 Å². The fourth-order valence-corrected chi connectivity index (χ4v) is 2.85. The zero-order valence-electron chi connectivity index (χ0n) is 9.52. The van der Waals surface area contributed by atoms with Crippen molar-refractivity contribution < 1.29 is 14.3 Å². The van der Waals surface area contributed by atoms with Crippen molar-refractivity contribution in [3.8, 4) is 0 Å². The minimum atomic E-state index is -0.833. The quantitative estimate of drug-likeness (QED) is 0.548. The van der Waals surface area contributed by atoms with Crippen LogP contribution in [0.25, 0.3) is 0 Å². The van der Waals surface area contributed by atoms with E-state index < -0.39 is 11.2 Å². The lowest BCUT2D eigenvalue weighted by Crippen LogP contribution is -2.34. The Hall–Kier alpha value is -1.61. The summed E-state index contributed by atoms with van der Waals surface area (Å²) in [4.78, 5) is 12.0. The lowest BCUT2D eigenvalue weighted by Gasteiger charge is -2.28. The molecule has 17 heavy (non-hydrogen) atoms. The molecule has 2 unspecified atom stereocenters. The van der Waals surface area contributed by atoms with Crippen LogP contribution in [0, 0.1) is 0 Å². The Morgan fingerprint density at radius 3 is 2.65 bits per heavy atom. The highest BCUT2D eigenvalue weighted by molar-refractivity contribution is 6.04. The van der Waals surface area contributed by atoms with E-state index in [9.17, 15) is 4.79 Å². The van der Waals surface area contributed by atoms with Crippen LogP contribution < -0.4 is 0 Å². The summed E-state index contributed by atoms with van der Waals surface area (Å²) in [6.07, 6.45) is 9.77. The van der Waals surface area contributed by atoms with Crippen LogP contribution in [0.4, 0.5) is 0 Å². The van der Waals surface area contributed by atoms with Crippen LogP contribution in [-0.4, -0.2) is 23.1 Å². The van der Waals surface area contributed by atoms with Crippen molar-refractivity contribution in [2.24, 2.45) is 0 Å². The van der Waals surface area contributed by atoms with Crippen molar-refractivity contribution >= 4 is 5.78 Å². The van der Waals surface area contributed by atoms with Crippen LogP contribution in [0.2, 0.25) is 0 Å². The molecule has 3 rings (SSSR count). The average Bonchev–Trinajstić information content (AvgIpc) is 2.98. The van der Waals surface area contributed by atoms with Gasteiger partial charge in [0.25, 0.3) is 0 Å². The summed E-state index contributed by atoms with van der Waals surface area (Å²) >= 11 is 0. The lowest BCUT2D eigenvalue weighted by atomic mass is 9.85. The molecule has 1 spiro atoms. The predicted octanol–water partition coefficient (Wildman–Crippen LogP) is 2.07. The van der Waals surface area contributed by atoms with Crippen LogP contribution in [-0.2, 0) is 14.3 Å². The molecule has 2 heterocycles. The summed E-state index contributed by atoms with van der Waals surface area (Å²) in [6.45, 7) is 7.50. The van der Waals surface area contributed by atoms with Crippen molar-refractivity contribution in [1.82, 2.24) is 0 Å². The number of hydrogen-bond donors (Lipinski definition) is 0. The van der Waals surface area contributed by atoms with E-state index in [0.29, 0.717) is 18.6 Å². The molecule has 0 N–H and O–H groups in total. The second kappa shape index (κ2) is 3.20. The van der Waals surface area contributed by atoms with Gasteiger partial charge in [-0.3, -0.25) is 4.79 Å². The predicted molar refractivity (Wildman–Crippen MR) is 63.3 cm³/mol. The van der Waals surface area contributed by atoms with Gasteiger partial charge in [0, 0.05) is 12.8 Å². The van der Waals surface area contributed by atoms with Gasteiger partial charge in [0.2, 0.25) is 5.60 Å². The zero-order valence-corrected chi connectivity index (χ0v) is 9.52. The van der Waals surface area contributed by atoms with Crippen molar-refractivity contribution in [3.63, 3.8) is 0 Å². The highest BCUT2D eigenvalue weighted by atomic mass is 16.7. The molecule has 88 valence electrons. The van der Waals surface area contributed by atoms with Crippen LogP contribution in [0.1, 0.15) is 12.8 Å². The molecule has 0 aromatic rings. The molecule has 1 aliphatic carbocycles. The molecule has 0 amide bonds. The Kier molecular flexibility index (Phi) is 1.98. The first-order valence-corrected chi connectivity index (χ1v) is 5.71. The van der Waals surface area contributed by atoms with E-state index in [4.69, 9.17) is 9.47 Å².